The van der Waals surface area contributed by atoms with Crippen LogP contribution in [0.25, 0.3) is 0 Å². The van der Waals surface area contributed by atoms with Crippen LogP contribution in [0.5, 0.6) is 0 Å². The lowest BCUT2D eigenvalue weighted by Crippen LogP contribution is -2.33. The van der Waals surface area contributed by atoms with E-state index < -0.39 is 0 Å². The number of Topliss-reactive ketones (excluding diaryl/α,β-unsaturated/α-hetero) is 1. The number of nitrogens with zero attached hydrogens (tertiary/aromatic N) is 1. The number of hydrogen-bond donors (Lipinski definition) is 0. The Hall–Kier alpha value is -0.480. The fraction of sp³-hybridized carbons (Fsp3) is 0.538. The van der Waals surface area contributed by atoms with Gasteiger partial charge in [0, 0.05) is 35.6 Å². The van der Waals surface area contributed by atoms with Gasteiger partial charge in [0.05, 0.1) is 5.25 Å². The van der Waals surface area contributed by atoms with Crippen molar-refractivity contribution in [1.29, 1.82) is 0 Å². The second-order valence-electron chi connectivity index (χ2n) is 4.11. The first-order chi connectivity index (χ1) is 8.31. The number of aromatic nitrogens is 1. The van der Waals surface area contributed by atoms with E-state index in [1.165, 1.54) is 5.75 Å². The average molecular weight is 267 g/mol. The normalized spacial score (nSPS) is 24.5. The molecule has 0 saturated carbocycles. The molecule has 0 radical (unpaired) electrons. The molecule has 2 nitrogen and oxygen atoms in total. The molecule has 0 spiro atoms. The minimum atomic E-state index is 0.180. The third-order valence-electron chi connectivity index (χ3n) is 2.87. The van der Waals surface area contributed by atoms with Crippen LogP contribution >= 0.6 is 23.5 Å². The maximum atomic E-state index is 12.3. The molecule has 0 bridgehead atoms. The van der Waals surface area contributed by atoms with E-state index in [1.807, 2.05) is 35.7 Å². The fourth-order valence-electron chi connectivity index (χ4n) is 2.01. The number of thioether (sulfide) groups is 2. The second-order valence-corrected chi connectivity index (χ2v) is 6.71. The molecule has 0 amide bonds. The van der Waals surface area contributed by atoms with Crippen molar-refractivity contribution < 1.29 is 4.79 Å². The Morgan fingerprint density at radius 2 is 2.29 bits per heavy atom. The molecule has 0 aliphatic carbocycles. The largest absolute Gasteiger partial charge is 0.298 e. The fourth-order valence-corrected chi connectivity index (χ4v) is 5.04. The molecule has 2 atom stereocenters. The molecule has 1 aromatic heterocycles. The van der Waals surface area contributed by atoms with Crippen LogP contribution in [0.1, 0.15) is 18.9 Å². The van der Waals surface area contributed by atoms with Gasteiger partial charge in [0.15, 0.2) is 5.78 Å². The van der Waals surface area contributed by atoms with Crippen LogP contribution < -0.4 is 0 Å². The summed E-state index contributed by atoms with van der Waals surface area (Å²) in [5, 5.41) is 0.678. The quantitative estimate of drug-likeness (QED) is 0.839. The lowest BCUT2D eigenvalue weighted by atomic mass is 10.1. The maximum absolute atomic E-state index is 12.3. The average Bonchev–Trinajstić information content (AvgIpc) is 2.40. The zero-order valence-corrected chi connectivity index (χ0v) is 11.6. The van der Waals surface area contributed by atoms with E-state index in [2.05, 4.69) is 11.9 Å². The Labute approximate surface area is 111 Å². The minimum absolute atomic E-state index is 0.180. The van der Waals surface area contributed by atoms with Gasteiger partial charge in [-0.25, -0.2) is 0 Å². The standard InChI is InChI=1S/C13H17NOS2/c1-2-12-13(17-7-6-16-12)11(15)8-10-4-3-5-14-9-10/h3-5,9,12-13H,2,6-8H2,1H3. The first kappa shape index (κ1) is 13.0. The van der Waals surface area contributed by atoms with Gasteiger partial charge in [0.1, 0.15) is 0 Å². The lowest BCUT2D eigenvalue weighted by molar-refractivity contribution is -0.117. The molecule has 1 saturated heterocycles. The second kappa shape index (κ2) is 6.45. The molecule has 1 fully saturated rings. The van der Waals surface area contributed by atoms with Gasteiger partial charge in [0.2, 0.25) is 0 Å². The van der Waals surface area contributed by atoms with Crippen LogP contribution in [0.3, 0.4) is 0 Å². The van der Waals surface area contributed by atoms with Gasteiger partial charge in [-0.15, -0.1) is 11.8 Å². The Balaban J connectivity index is 1.99. The summed E-state index contributed by atoms with van der Waals surface area (Å²) < 4.78 is 0. The summed E-state index contributed by atoms with van der Waals surface area (Å²) in [6.07, 6.45) is 5.15. The van der Waals surface area contributed by atoms with E-state index in [0.717, 1.165) is 17.7 Å². The van der Waals surface area contributed by atoms with Crippen molar-refractivity contribution >= 4 is 29.3 Å². The predicted molar refractivity (Wildman–Crippen MR) is 75.7 cm³/mol. The van der Waals surface area contributed by atoms with Crippen molar-refractivity contribution in [3.8, 4) is 0 Å². The molecule has 4 heteroatoms. The zero-order chi connectivity index (χ0) is 12.1. The highest BCUT2D eigenvalue weighted by atomic mass is 32.2. The first-order valence-electron chi connectivity index (χ1n) is 5.96. The third kappa shape index (κ3) is 3.49. The monoisotopic (exact) mass is 267 g/mol. The molecule has 1 aliphatic heterocycles. The number of carbonyl (C=O) groups is 1. The Kier molecular flexibility index (Phi) is 4.92. The number of hydrogen-bond acceptors (Lipinski definition) is 4. The van der Waals surface area contributed by atoms with Crippen LogP contribution in [0, 0.1) is 0 Å². The van der Waals surface area contributed by atoms with Crippen molar-refractivity contribution in [2.45, 2.75) is 30.3 Å². The van der Waals surface area contributed by atoms with Crippen LogP contribution in [-0.4, -0.2) is 32.8 Å². The summed E-state index contributed by atoms with van der Waals surface area (Å²) in [5.74, 6) is 2.65. The van der Waals surface area contributed by atoms with Crippen LogP contribution in [0.2, 0.25) is 0 Å². The minimum Gasteiger partial charge on any atom is -0.298 e. The Bertz CT molecular complexity index is 369. The van der Waals surface area contributed by atoms with E-state index in [9.17, 15) is 4.79 Å². The smallest absolute Gasteiger partial charge is 0.151 e. The molecule has 17 heavy (non-hydrogen) atoms. The molecule has 1 aliphatic rings. The van der Waals surface area contributed by atoms with Gasteiger partial charge in [-0.05, 0) is 18.1 Å². The van der Waals surface area contributed by atoms with E-state index in [0.29, 0.717) is 17.5 Å². The van der Waals surface area contributed by atoms with Crippen molar-refractivity contribution in [3.63, 3.8) is 0 Å². The molecule has 2 heterocycles. The molecule has 2 unspecified atom stereocenters. The van der Waals surface area contributed by atoms with Crippen molar-refractivity contribution in [2.75, 3.05) is 11.5 Å². The molecule has 92 valence electrons. The van der Waals surface area contributed by atoms with E-state index >= 15 is 0 Å². The number of rotatable bonds is 4. The van der Waals surface area contributed by atoms with Gasteiger partial charge in [-0.1, -0.05) is 13.0 Å². The highest BCUT2D eigenvalue weighted by Gasteiger charge is 2.30. The van der Waals surface area contributed by atoms with Gasteiger partial charge in [-0.2, -0.15) is 11.8 Å². The van der Waals surface area contributed by atoms with E-state index in [1.54, 1.807) is 12.4 Å². The lowest BCUT2D eigenvalue weighted by Gasteiger charge is -2.28. The Morgan fingerprint density at radius 1 is 1.47 bits per heavy atom. The van der Waals surface area contributed by atoms with Crippen molar-refractivity contribution in [2.24, 2.45) is 0 Å². The summed E-state index contributed by atoms with van der Waals surface area (Å²) in [4.78, 5) is 16.3. The molecule has 2 rings (SSSR count). The number of pyridine rings is 1. The van der Waals surface area contributed by atoms with Gasteiger partial charge in [0.25, 0.3) is 0 Å². The molecular weight excluding hydrogens is 250 g/mol. The third-order valence-corrected chi connectivity index (χ3v) is 6.17. The summed E-state index contributed by atoms with van der Waals surface area (Å²) in [6.45, 7) is 2.17. The van der Waals surface area contributed by atoms with Crippen LogP contribution in [0.15, 0.2) is 24.5 Å². The van der Waals surface area contributed by atoms with Crippen LogP contribution in [0.4, 0.5) is 0 Å². The zero-order valence-electron chi connectivity index (χ0n) is 9.96. The molecule has 1 aromatic rings. The molecule has 0 N–H and O–H groups in total. The van der Waals surface area contributed by atoms with Gasteiger partial charge in [-0.3, -0.25) is 9.78 Å². The first-order valence-corrected chi connectivity index (χ1v) is 8.06. The van der Waals surface area contributed by atoms with E-state index in [4.69, 9.17) is 0 Å². The topological polar surface area (TPSA) is 30.0 Å². The van der Waals surface area contributed by atoms with Gasteiger partial charge >= 0.3 is 0 Å². The predicted octanol–water partition coefficient (Wildman–Crippen LogP) is 2.82. The molecular formula is C13H17NOS2. The van der Waals surface area contributed by atoms with Crippen molar-refractivity contribution in [1.82, 2.24) is 4.98 Å². The maximum Gasteiger partial charge on any atom is 0.151 e. The summed E-state index contributed by atoms with van der Waals surface area (Å²) in [7, 11) is 0. The number of ketones is 1. The highest BCUT2D eigenvalue weighted by molar-refractivity contribution is 8.07. The summed E-state index contributed by atoms with van der Waals surface area (Å²) in [5.41, 5.74) is 1.03. The van der Waals surface area contributed by atoms with Crippen molar-refractivity contribution in [3.05, 3.63) is 30.1 Å². The summed E-state index contributed by atoms with van der Waals surface area (Å²) in [6, 6.07) is 3.87. The van der Waals surface area contributed by atoms with Gasteiger partial charge < -0.3 is 0 Å². The van der Waals surface area contributed by atoms with Crippen LogP contribution in [-0.2, 0) is 11.2 Å². The highest BCUT2D eigenvalue weighted by Crippen LogP contribution is 2.34. The number of carbonyl (C=O) groups excluding carboxylic acids is 1. The summed E-state index contributed by atoms with van der Waals surface area (Å²) >= 11 is 3.79. The SMILES string of the molecule is CCC1SCCSC1C(=O)Cc1cccnc1. The van der Waals surface area contributed by atoms with E-state index in [-0.39, 0.29) is 5.25 Å². The Morgan fingerprint density at radius 3 is 3.00 bits per heavy atom. The molecule has 0 aromatic carbocycles.